The molecule has 2 heterocycles. The van der Waals surface area contributed by atoms with E-state index in [1.165, 1.54) is 22.9 Å². The van der Waals surface area contributed by atoms with Crippen molar-refractivity contribution in [2.24, 2.45) is 0 Å². The summed E-state index contributed by atoms with van der Waals surface area (Å²) in [5.74, 6) is -3.08. The summed E-state index contributed by atoms with van der Waals surface area (Å²) in [7, 11) is 0. The van der Waals surface area contributed by atoms with Crippen molar-refractivity contribution in [3.8, 4) is 5.69 Å². The van der Waals surface area contributed by atoms with Crippen LogP contribution in [-0.4, -0.2) is 30.9 Å². The van der Waals surface area contributed by atoms with Gasteiger partial charge in [0.25, 0.3) is 5.91 Å². The van der Waals surface area contributed by atoms with Crippen LogP contribution in [0.4, 0.5) is 23.5 Å². The number of hydrogen-bond acceptors (Lipinski definition) is 4. The first-order valence-corrected chi connectivity index (χ1v) is 8.01. The average molecular weight is 380 g/mol. The van der Waals surface area contributed by atoms with E-state index in [0.717, 1.165) is 6.42 Å². The number of carbonyl (C=O) groups is 1. The van der Waals surface area contributed by atoms with E-state index in [1.807, 2.05) is 0 Å². The third kappa shape index (κ3) is 3.04. The van der Waals surface area contributed by atoms with Crippen LogP contribution in [0.25, 0.3) is 5.69 Å². The van der Waals surface area contributed by atoms with Crippen molar-refractivity contribution in [2.75, 3.05) is 5.32 Å². The van der Waals surface area contributed by atoms with Crippen molar-refractivity contribution in [3.05, 3.63) is 52.9 Å². The Balaban J connectivity index is 1.66. The number of anilines is 1. The second-order valence-electron chi connectivity index (χ2n) is 5.95. The van der Waals surface area contributed by atoms with E-state index in [-0.39, 0.29) is 11.4 Å². The summed E-state index contributed by atoms with van der Waals surface area (Å²) >= 11 is 0. The minimum absolute atomic E-state index is 0.0177. The number of nitrogens with one attached hydrogen (secondary N) is 2. The molecular formula is C16H12F4N6O. The van der Waals surface area contributed by atoms with Crippen molar-refractivity contribution >= 4 is 11.9 Å². The van der Waals surface area contributed by atoms with Crippen molar-refractivity contribution in [2.45, 2.75) is 25.4 Å². The number of amides is 1. The van der Waals surface area contributed by atoms with Gasteiger partial charge in [-0.25, -0.2) is 9.07 Å². The van der Waals surface area contributed by atoms with Crippen LogP contribution in [0.1, 0.15) is 34.0 Å². The molecule has 140 valence electrons. The van der Waals surface area contributed by atoms with Gasteiger partial charge in [0.15, 0.2) is 5.69 Å². The quantitative estimate of drug-likeness (QED) is 0.684. The fraction of sp³-hybridized carbons (Fsp3) is 0.250. The number of hydrogen-bond donors (Lipinski definition) is 2. The number of H-pyrrole nitrogens is 1. The molecule has 0 spiro atoms. The Hall–Kier alpha value is -3.24. The first-order valence-electron chi connectivity index (χ1n) is 8.01. The normalized spacial score (nSPS) is 13.6. The molecule has 1 aliphatic carbocycles. The third-order valence-corrected chi connectivity index (χ3v) is 4.21. The Morgan fingerprint density at radius 3 is 2.70 bits per heavy atom. The smallest absolute Gasteiger partial charge is 0.288 e. The van der Waals surface area contributed by atoms with E-state index in [4.69, 9.17) is 0 Å². The Kier molecular flexibility index (Phi) is 3.93. The molecule has 0 aliphatic heterocycles. The van der Waals surface area contributed by atoms with Crippen molar-refractivity contribution in [1.29, 1.82) is 0 Å². The molecule has 0 radical (unpaired) electrons. The summed E-state index contributed by atoms with van der Waals surface area (Å²) < 4.78 is 53.2. The van der Waals surface area contributed by atoms with E-state index in [0.29, 0.717) is 24.1 Å². The summed E-state index contributed by atoms with van der Waals surface area (Å²) in [6.45, 7) is 0. The van der Waals surface area contributed by atoms with Crippen LogP contribution in [-0.2, 0) is 19.0 Å². The number of benzene rings is 1. The maximum Gasteiger partial charge on any atom is 0.451 e. The SMILES string of the molecule is O=C(Nc1n[nH]c(C(F)(F)F)n1)c1nn(-c2ccccc2F)c2c1CCC2. The van der Waals surface area contributed by atoms with Gasteiger partial charge in [0.2, 0.25) is 11.8 Å². The van der Waals surface area contributed by atoms with Crippen LogP contribution in [0.5, 0.6) is 0 Å². The topological polar surface area (TPSA) is 88.5 Å². The second-order valence-corrected chi connectivity index (χ2v) is 5.95. The molecule has 11 heteroatoms. The molecule has 1 aliphatic rings. The number of alkyl halides is 3. The van der Waals surface area contributed by atoms with Gasteiger partial charge in [-0.05, 0) is 31.4 Å². The van der Waals surface area contributed by atoms with Gasteiger partial charge in [-0.3, -0.25) is 15.2 Å². The molecule has 2 aromatic heterocycles. The highest BCUT2D eigenvalue weighted by atomic mass is 19.4. The van der Waals surface area contributed by atoms with E-state index < -0.39 is 29.7 Å². The van der Waals surface area contributed by atoms with Crippen LogP contribution >= 0.6 is 0 Å². The Bertz CT molecular complexity index is 1020. The minimum atomic E-state index is -4.70. The van der Waals surface area contributed by atoms with Crippen LogP contribution in [0.3, 0.4) is 0 Å². The Morgan fingerprint density at radius 2 is 2.00 bits per heavy atom. The fourth-order valence-electron chi connectivity index (χ4n) is 3.05. The number of aromatic nitrogens is 5. The first kappa shape index (κ1) is 17.2. The standard InChI is InChI=1S/C16H12F4N6O/c17-9-5-1-2-6-11(9)26-10-7-3-4-8(10)12(25-26)13(27)21-15-22-14(23-24-15)16(18,19)20/h1-2,5-6H,3-4,7H2,(H2,21,22,23,24,27). The van der Waals surface area contributed by atoms with Gasteiger partial charge in [0.05, 0.1) is 0 Å². The predicted molar refractivity (Wildman–Crippen MR) is 84.9 cm³/mol. The Morgan fingerprint density at radius 1 is 1.22 bits per heavy atom. The first-order chi connectivity index (χ1) is 12.8. The van der Waals surface area contributed by atoms with Gasteiger partial charge in [-0.1, -0.05) is 12.1 Å². The number of halogens is 4. The molecule has 0 fully saturated rings. The third-order valence-electron chi connectivity index (χ3n) is 4.21. The summed E-state index contributed by atoms with van der Waals surface area (Å²) in [6, 6.07) is 6.00. The Labute approximate surface area is 149 Å². The van der Waals surface area contributed by atoms with Gasteiger partial charge >= 0.3 is 6.18 Å². The van der Waals surface area contributed by atoms with Gasteiger partial charge in [0.1, 0.15) is 11.5 Å². The summed E-state index contributed by atoms with van der Waals surface area (Å²) in [6.07, 6.45) is -2.76. The zero-order chi connectivity index (χ0) is 19.2. The summed E-state index contributed by atoms with van der Waals surface area (Å²) in [4.78, 5) is 15.7. The van der Waals surface area contributed by atoms with E-state index in [9.17, 15) is 22.4 Å². The van der Waals surface area contributed by atoms with Crippen molar-refractivity contribution in [3.63, 3.8) is 0 Å². The molecule has 0 unspecified atom stereocenters. The molecule has 0 atom stereocenters. The van der Waals surface area contributed by atoms with Gasteiger partial charge in [-0.15, -0.1) is 5.10 Å². The minimum Gasteiger partial charge on any atom is -0.288 e. The summed E-state index contributed by atoms with van der Waals surface area (Å²) in [5, 5.41) is 11.4. The van der Waals surface area contributed by atoms with E-state index >= 15 is 0 Å². The zero-order valence-electron chi connectivity index (χ0n) is 13.6. The number of nitrogens with zero attached hydrogens (tertiary/aromatic N) is 4. The number of fused-ring (bicyclic) bond motifs is 1. The highest BCUT2D eigenvalue weighted by molar-refractivity contribution is 6.03. The average Bonchev–Trinajstić information content (AvgIpc) is 3.30. The maximum atomic E-state index is 14.1. The fourth-order valence-corrected chi connectivity index (χ4v) is 3.05. The molecule has 4 rings (SSSR count). The lowest BCUT2D eigenvalue weighted by Gasteiger charge is -2.06. The lowest BCUT2D eigenvalue weighted by atomic mass is 10.2. The van der Waals surface area contributed by atoms with Gasteiger partial charge in [0, 0.05) is 11.3 Å². The van der Waals surface area contributed by atoms with Crippen LogP contribution in [0.15, 0.2) is 24.3 Å². The molecule has 27 heavy (non-hydrogen) atoms. The predicted octanol–water partition coefficient (Wildman–Crippen LogP) is 2.89. The van der Waals surface area contributed by atoms with E-state index in [2.05, 4.69) is 20.5 Å². The number of para-hydroxylation sites is 1. The molecular weight excluding hydrogens is 368 g/mol. The van der Waals surface area contributed by atoms with E-state index in [1.54, 1.807) is 11.2 Å². The molecule has 0 saturated carbocycles. The monoisotopic (exact) mass is 380 g/mol. The van der Waals surface area contributed by atoms with Gasteiger partial charge < -0.3 is 0 Å². The highest BCUT2D eigenvalue weighted by Crippen LogP contribution is 2.29. The lowest BCUT2D eigenvalue weighted by molar-refractivity contribution is -0.144. The molecule has 0 bridgehead atoms. The highest BCUT2D eigenvalue weighted by Gasteiger charge is 2.36. The van der Waals surface area contributed by atoms with Crippen LogP contribution < -0.4 is 5.32 Å². The van der Waals surface area contributed by atoms with Crippen LogP contribution in [0.2, 0.25) is 0 Å². The number of rotatable bonds is 3. The molecule has 1 aromatic carbocycles. The second kappa shape index (κ2) is 6.18. The van der Waals surface area contributed by atoms with Crippen molar-refractivity contribution in [1.82, 2.24) is 25.0 Å². The van der Waals surface area contributed by atoms with Crippen molar-refractivity contribution < 1.29 is 22.4 Å². The van der Waals surface area contributed by atoms with Crippen LogP contribution in [0, 0.1) is 5.82 Å². The molecule has 7 nitrogen and oxygen atoms in total. The number of aromatic amines is 1. The summed E-state index contributed by atoms with van der Waals surface area (Å²) in [5.41, 5.74) is 1.56. The van der Waals surface area contributed by atoms with Gasteiger partial charge in [-0.2, -0.15) is 23.3 Å². The molecule has 3 aromatic rings. The largest absolute Gasteiger partial charge is 0.451 e. The zero-order valence-corrected chi connectivity index (χ0v) is 13.6. The number of carbonyl (C=O) groups excluding carboxylic acids is 1. The molecule has 1 amide bonds. The lowest BCUT2D eigenvalue weighted by Crippen LogP contribution is -2.16. The maximum absolute atomic E-state index is 14.1. The molecule has 0 saturated heterocycles. The molecule has 2 N–H and O–H groups in total.